The predicted octanol–water partition coefficient (Wildman–Crippen LogP) is 3.54. The lowest BCUT2D eigenvalue weighted by Crippen LogP contribution is -2.37. The van der Waals surface area contributed by atoms with E-state index < -0.39 is 0 Å². The number of ether oxygens (including phenoxy) is 1. The third-order valence-corrected chi connectivity index (χ3v) is 3.82. The molecule has 4 nitrogen and oxygen atoms in total. The quantitative estimate of drug-likeness (QED) is 0.653. The van der Waals surface area contributed by atoms with Gasteiger partial charge < -0.3 is 9.64 Å². The minimum atomic E-state index is -0.311. The van der Waals surface area contributed by atoms with Crippen LogP contribution in [0, 0.1) is 11.7 Å². The van der Waals surface area contributed by atoms with Gasteiger partial charge in [-0.25, -0.2) is 4.39 Å². The fourth-order valence-electron chi connectivity index (χ4n) is 2.43. The Labute approximate surface area is 137 Å². The van der Waals surface area contributed by atoms with Gasteiger partial charge >= 0.3 is 5.97 Å². The van der Waals surface area contributed by atoms with Crippen molar-refractivity contribution >= 4 is 11.9 Å². The molecule has 1 aromatic carbocycles. The number of amides is 1. The van der Waals surface area contributed by atoms with Crippen molar-refractivity contribution in [3.05, 3.63) is 35.6 Å². The highest BCUT2D eigenvalue weighted by molar-refractivity contribution is 5.79. The lowest BCUT2D eigenvalue weighted by molar-refractivity contribution is -0.144. The summed E-state index contributed by atoms with van der Waals surface area (Å²) in [4.78, 5) is 25.9. The van der Waals surface area contributed by atoms with Crippen molar-refractivity contribution in [2.24, 2.45) is 5.92 Å². The summed E-state index contributed by atoms with van der Waals surface area (Å²) in [5, 5.41) is 0. The summed E-state index contributed by atoms with van der Waals surface area (Å²) in [7, 11) is 0. The second-order valence-electron chi connectivity index (χ2n) is 5.45. The number of halogens is 1. The van der Waals surface area contributed by atoms with Gasteiger partial charge in [0.05, 0.1) is 13.0 Å². The third-order valence-electron chi connectivity index (χ3n) is 3.82. The zero-order valence-corrected chi connectivity index (χ0v) is 14.2. The van der Waals surface area contributed by atoms with Gasteiger partial charge in [-0.3, -0.25) is 9.59 Å². The Morgan fingerprint density at radius 2 is 1.74 bits per heavy atom. The minimum absolute atomic E-state index is 0.0311. The van der Waals surface area contributed by atoms with Crippen LogP contribution in [-0.4, -0.2) is 29.9 Å². The first-order chi connectivity index (χ1) is 11.0. The number of rotatable bonds is 9. The maximum atomic E-state index is 13.0. The summed E-state index contributed by atoms with van der Waals surface area (Å²) in [5.74, 6) is -0.645. The summed E-state index contributed by atoms with van der Waals surface area (Å²) >= 11 is 0. The molecule has 0 heterocycles. The van der Waals surface area contributed by atoms with Gasteiger partial charge in [0.15, 0.2) is 0 Å². The Balaban J connectivity index is 2.80. The molecule has 1 aromatic rings. The molecule has 1 rings (SSSR count). The summed E-state index contributed by atoms with van der Waals surface area (Å²) in [6.07, 6.45) is 1.68. The number of carbonyl (C=O) groups excluding carboxylic acids is 2. The molecular formula is C18H26FNO3. The molecule has 23 heavy (non-hydrogen) atoms. The molecule has 0 aliphatic heterocycles. The fraction of sp³-hybridized carbons (Fsp3) is 0.556. The van der Waals surface area contributed by atoms with E-state index in [4.69, 9.17) is 4.74 Å². The average Bonchev–Trinajstić information content (AvgIpc) is 2.54. The predicted molar refractivity (Wildman–Crippen MR) is 87.1 cm³/mol. The average molecular weight is 323 g/mol. The van der Waals surface area contributed by atoms with E-state index in [-0.39, 0.29) is 30.0 Å². The molecule has 0 fully saturated rings. The van der Waals surface area contributed by atoms with Crippen LogP contribution in [0.15, 0.2) is 24.3 Å². The minimum Gasteiger partial charge on any atom is -0.466 e. The molecule has 0 bridgehead atoms. The van der Waals surface area contributed by atoms with Gasteiger partial charge in [0.2, 0.25) is 5.91 Å². The normalized spacial score (nSPS) is 10.7. The number of nitrogens with zero attached hydrogens (tertiary/aromatic N) is 1. The van der Waals surface area contributed by atoms with Crippen molar-refractivity contribution in [3.63, 3.8) is 0 Å². The standard InChI is InChI=1S/C18H26FNO3/c1-4-15(5-2)18(22)20(12-11-17(21)23-6-3)13-14-7-9-16(19)10-8-14/h7-10,15H,4-6,11-13H2,1-3H3. The fourth-order valence-corrected chi connectivity index (χ4v) is 2.43. The molecule has 0 saturated heterocycles. The van der Waals surface area contributed by atoms with Crippen molar-refractivity contribution in [1.29, 1.82) is 0 Å². The Kier molecular flexibility index (Phi) is 8.30. The Morgan fingerprint density at radius 1 is 1.13 bits per heavy atom. The van der Waals surface area contributed by atoms with Gasteiger partial charge in [-0.05, 0) is 37.5 Å². The Morgan fingerprint density at radius 3 is 2.26 bits per heavy atom. The molecule has 128 valence electrons. The molecule has 0 aliphatic carbocycles. The van der Waals surface area contributed by atoms with Gasteiger partial charge in [0.25, 0.3) is 0 Å². The van der Waals surface area contributed by atoms with E-state index in [9.17, 15) is 14.0 Å². The first kappa shape index (κ1) is 19.1. The topological polar surface area (TPSA) is 46.6 Å². The van der Waals surface area contributed by atoms with Crippen LogP contribution in [0.2, 0.25) is 0 Å². The maximum Gasteiger partial charge on any atom is 0.307 e. The largest absolute Gasteiger partial charge is 0.466 e. The smallest absolute Gasteiger partial charge is 0.307 e. The van der Waals surface area contributed by atoms with Crippen molar-refractivity contribution < 1.29 is 18.7 Å². The molecule has 0 unspecified atom stereocenters. The molecule has 0 aromatic heterocycles. The van der Waals surface area contributed by atoms with Gasteiger partial charge in [0.1, 0.15) is 5.82 Å². The summed E-state index contributed by atoms with van der Waals surface area (Å²) in [5.41, 5.74) is 0.842. The number of esters is 1. The zero-order chi connectivity index (χ0) is 17.2. The van der Waals surface area contributed by atoms with Crippen LogP contribution >= 0.6 is 0 Å². The molecule has 0 N–H and O–H groups in total. The van der Waals surface area contributed by atoms with Gasteiger partial charge in [-0.15, -0.1) is 0 Å². The first-order valence-corrected chi connectivity index (χ1v) is 8.20. The van der Waals surface area contributed by atoms with Crippen molar-refractivity contribution in [3.8, 4) is 0 Å². The van der Waals surface area contributed by atoms with Crippen LogP contribution in [0.4, 0.5) is 4.39 Å². The van der Waals surface area contributed by atoms with Gasteiger partial charge in [-0.2, -0.15) is 0 Å². The van der Waals surface area contributed by atoms with Gasteiger partial charge in [0, 0.05) is 19.0 Å². The SMILES string of the molecule is CCOC(=O)CCN(Cc1ccc(F)cc1)C(=O)C(CC)CC. The third kappa shape index (κ3) is 6.38. The zero-order valence-electron chi connectivity index (χ0n) is 14.2. The Bertz CT molecular complexity index is 497. The van der Waals surface area contributed by atoms with E-state index in [1.165, 1.54) is 12.1 Å². The molecule has 0 atom stereocenters. The van der Waals surface area contributed by atoms with E-state index in [1.807, 2.05) is 13.8 Å². The van der Waals surface area contributed by atoms with Crippen molar-refractivity contribution in [1.82, 2.24) is 4.90 Å². The molecule has 0 saturated carbocycles. The van der Waals surface area contributed by atoms with E-state index in [1.54, 1.807) is 24.0 Å². The molecule has 0 radical (unpaired) electrons. The molecule has 0 spiro atoms. The van der Waals surface area contributed by atoms with Crippen LogP contribution < -0.4 is 0 Å². The van der Waals surface area contributed by atoms with Crippen molar-refractivity contribution in [2.45, 2.75) is 46.6 Å². The summed E-state index contributed by atoms with van der Waals surface area (Å²) < 4.78 is 17.9. The van der Waals surface area contributed by atoms with Gasteiger partial charge in [-0.1, -0.05) is 26.0 Å². The molecule has 0 aliphatic rings. The van der Waals surface area contributed by atoms with E-state index in [2.05, 4.69) is 0 Å². The summed E-state index contributed by atoms with van der Waals surface area (Å²) in [6, 6.07) is 6.07. The Hall–Kier alpha value is -1.91. The van der Waals surface area contributed by atoms with Crippen LogP contribution in [-0.2, 0) is 20.9 Å². The first-order valence-electron chi connectivity index (χ1n) is 8.20. The van der Waals surface area contributed by atoms with Crippen LogP contribution in [0.25, 0.3) is 0 Å². The second-order valence-corrected chi connectivity index (χ2v) is 5.45. The molecular weight excluding hydrogens is 297 g/mol. The monoisotopic (exact) mass is 323 g/mol. The maximum absolute atomic E-state index is 13.0. The number of hydrogen-bond acceptors (Lipinski definition) is 3. The number of hydrogen-bond donors (Lipinski definition) is 0. The number of carbonyl (C=O) groups is 2. The lowest BCUT2D eigenvalue weighted by Gasteiger charge is -2.26. The van der Waals surface area contributed by atoms with E-state index in [0.29, 0.717) is 19.7 Å². The van der Waals surface area contributed by atoms with Crippen LogP contribution in [0.1, 0.15) is 45.6 Å². The second kappa shape index (κ2) is 9.98. The highest BCUT2D eigenvalue weighted by Gasteiger charge is 2.22. The summed E-state index contributed by atoms with van der Waals surface area (Å²) in [6.45, 7) is 6.72. The number of benzene rings is 1. The molecule has 5 heteroatoms. The molecule has 1 amide bonds. The van der Waals surface area contributed by atoms with Crippen molar-refractivity contribution in [2.75, 3.05) is 13.2 Å². The van der Waals surface area contributed by atoms with Crippen LogP contribution in [0.3, 0.4) is 0 Å². The highest BCUT2D eigenvalue weighted by Crippen LogP contribution is 2.16. The van der Waals surface area contributed by atoms with E-state index in [0.717, 1.165) is 18.4 Å². The highest BCUT2D eigenvalue weighted by atomic mass is 19.1. The van der Waals surface area contributed by atoms with Crippen LogP contribution in [0.5, 0.6) is 0 Å². The lowest BCUT2D eigenvalue weighted by atomic mass is 10.0. The van der Waals surface area contributed by atoms with E-state index >= 15 is 0 Å².